The quantitative estimate of drug-likeness (QED) is 0.539. The van der Waals surface area contributed by atoms with E-state index in [-0.39, 0.29) is 34.7 Å². The number of fused-ring (bicyclic) bond motifs is 1. The number of carbonyl (C=O) groups excluding carboxylic acids is 3. The zero-order valence-electron chi connectivity index (χ0n) is 17.3. The number of sulfonamides is 1. The van der Waals surface area contributed by atoms with Crippen molar-refractivity contribution in [2.45, 2.75) is 18.2 Å². The molecule has 0 N–H and O–H groups in total. The Morgan fingerprint density at radius 2 is 1.34 bits per heavy atom. The van der Waals surface area contributed by atoms with Crippen molar-refractivity contribution in [2.24, 2.45) is 0 Å². The number of benzene rings is 3. The Hall–Kier alpha value is -3.78. The minimum atomic E-state index is -4.20. The maximum absolute atomic E-state index is 13.3. The Labute approximate surface area is 185 Å². The topological polar surface area (TPSA) is 91.8 Å². The van der Waals surface area contributed by atoms with Gasteiger partial charge in [0.2, 0.25) is 5.91 Å². The monoisotopic (exact) mass is 448 g/mol. The van der Waals surface area contributed by atoms with Crippen LogP contribution >= 0.6 is 0 Å². The Kier molecular flexibility index (Phi) is 5.63. The fourth-order valence-electron chi connectivity index (χ4n) is 3.55. The van der Waals surface area contributed by atoms with Crippen LogP contribution in [0.1, 0.15) is 32.7 Å². The summed E-state index contributed by atoms with van der Waals surface area (Å²) in [6.07, 6.45) is -0.342. The lowest BCUT2D eigenvalue weighted by Gasteiger charge is -2.24. The average Bonchev–Trinajstić information content (AvgIpc) is 3.03. The molecule has 32 heavy (non-hydrogen) atoms. The number of hydrogen-bond donors (Lipinski definition) is 0. The lowest BCUT2D eigenvalue weighted by atomic mass is 10.1. The molecule has 1 aliphatic rings. The Morgan fingerprint density at radius 3 is 1.91 bits per heavy atom. The fraction of sp³-hybridized carbons (Fsp3) is 0.125. The fourth-order valence-corrected chi connectivity index (χ4v) is 5.00. The van der Waals surface area contributed by atoms with Crippen molar-refractivity contribution in [1.82, 2.24) is 4.90 Å². The standard InChI is InChI=1S/C24H20N2O5S/c1-17-11-13-19(14-12-17)32(30,31)26(18-7-3-2-4-8-18)22(27)15-16-25-23(28)20-9-5-6-10-21(20)24(25)29/h2-14H,15-16H2,1H3. The smallest absolute Gasteiger partial charge is 0.270 e. The molecule has 1 aliphatic heterocycles. The van der Waals surface area contributed by atoms with E-state index in [9.17, 15) is 22.8 Å². The first-order chi connectivity index (χ1) is 15.3. The van der Waals surface area contributed by atoms with Crippen LogP contribution in [0.4, 0.5) is 5.69 Å². The molecule has 0 saturated heterocycles. The largest absolute Gasteiger partial charge is 0.274 e. The van der Waals surface area contributed by atoms with Crippen LogP contribution in [0.5, 0.6) is 0 Å². The number of imide groups is 1. The zero-order chi connectivity index (χ0) is 22.9. The van der Waals surface area contributed by atoms with Crippen LogP contribution in [-0.4, -0.2) is 37.6 Å². The van der Waals surface area contributed by atoms with Gasteiger partial charge in [0.05, 0.1) is 21.7 Å². The number of para-hydroxylation sites is 1. The van der Waals surface area contributed by atoms with Crippen LogP contribution in [0.25, 0.3) is 0 Å². The van der Waals surface area contributed by atoms with E-state index in [0.717, 1.165) is 14.8 Å². The van der Waals surface area contributed by atoms with Crippen molar-refractivity contribution in [2.75, 3.05) is 10.8 Å². The van der Waals surface area contributed by atoms with Crippen LogP contribution in [0.2, 0.25) is 0 Å². The van der Waals surface area contributed by atoms with Gasteiger partial charge in [-0.3, -0.25) is 19.3 Å². The Bertz CT molecular complexity index is 1270. The summed E-state index contributed by atoms with van der Waals surface area (Å²) >= 11 is 0. The van der Waals surface area contributed by atoms with Gasteiger partial charge in [-0.15, -0.1) is 0 Å². The highest BCUT2D eigenvalue weighted by molar-refractivity contribution is 7.93. The van der Waals surface area contributed by atoms with Crippen molar-refractivity contribution in [3.63, 3.8) is 0 Å². The van der Waals surface area contributed by atoms with Crippen molar-refractivity contribution < 1.29 is 22.8 Å². The molecule has 0 fully saturated rings. The summed E-state index contributed by atoms with van der Waals surface area (Å²) in [6.45, 7) is 1.61. The lowest BCUT2D eigenvalue weighted by molar-refractivity contribution is -0.117. The Balaban J connectivity index is 1.62. The van der Waals surface area contributed by atoms with Gasteiger partial charge in [-0.1, -0.05) is 48.0 Å². The maximum atomic E-state index is 13.3. The molecule has 4 rings (SSSR count). The molecule has 0 bridgehead atoms. The minimum absolute atomic E-state index is 0.0268. The average molecular weight is 449 g/mol. The second-order valence-electron chi connectivity index (χ2n) is 7.37. The van der Waals surface area contributed by atoms with Gasteiger partial charge in [0, 0.05) is 13.0 Å². The number of carbonyl (C=O) groups is 3. The van der Waals surface area contributed by atoms with E-state index >= 15 is 0 Å². The summed E-state index contributed by atoms with van der Waals surface area (Å²) in [4.78, 5) is 39.3. The van der Waals surface area contributed by atoms with Gasteiger partial charge in [-0.05, 0) is 43.3 Å². The summed E-state index contributed by atoms with van der Waals surface area (Å²) in [6, 6.07) is 20.6. The van der Waals surface area contributed by atoms with E-state index in [4.69, 9.17) is 0 Å². The third-order valence-electron chi connectivity index (χ3n) is 5.20. The van der Waals surface area contributed by atoms with E-state index < -0.39 is 27.7 Å². The van der Waals surface area contributed by atoms with Crippen LogP contribution < -0.4 is 4.31 Å². The molecule has 7 nitrogen and oxygen atoms in total. The number of rotatable bonds is 6. The van der Waals surface area contributed by atoms with Gasteiger partial charge in [0.25, 0.3) is 21.8 Å². The first-order valence-electron chi connectivity index (χ1n) is 9.96. The van der Waals surface area contributed by atoms with E-state index in [1.807, 2.05) is 6.92 Å². The highest BCUT2D eigenvalue weighted by Gasteiger charge is 2.37. The van der Waals surface area contributed by atoms with Gasteiger partial charge in [-0.2, -0.15) is 0 Å². The minimum Gasteiger partial charge on any atom is -0.274 e. The van der Waals surface area contributed by atoms with Crippen LogP contribution in [-0.2, 0) is 14.8 Å². The molecular formula is C24H20N2O5S. The highest BCUT2D eigenvalue weighted by atomic mass is 32.2. The van der Waals surface area contributed by atoms with E-state index in [0.29, 0.717) is 0 Å². The van der Waals surface area contributed by atoms with Gasteiger partial charge < -0.3 is 0 Å². The zero-order valence-corrected chi connectivity index (χ0v) is 18.1. The molecule has 0 unspecified atom stereocenters. The molecule has 3 amide bonds. The van der Waals surface area contributed by atoms with E-state index in [1.54, 1.807) is 54.6 Å². The summed E-state index contributed by atoms with van der Waals surface area (Å²) in [5.74, 6) is -1.73. The Morgan fingerprint density at radius 1 is 0.812 bits per heavy atom. The lowest BCUT2D eigenvalue weighted by Crippen LogP contribution is -2.40. The van der Waals surface area contributed by atoms with Gasteiger partial charge in [-0.25, -0.2) is 12.7 Å². The molecule has 3 aromatic carbocycles. The second kappa shape index (κ2) is 8.39. The second-order valence-corrected chi connectivity index (χ2v) is 9.16. The first-order valence-corrected chi connectivity index (χ1v) is 11.4. The summed E-state index contributed by atoms with van der Waals surface area (Å²) < 4.78 is 27.4. The predicted octanol–water partition coefficient (Wildman–Crippen LogP) is 3.40. The van der Waals surface area contributed by atoms with Gasteiger partial charge in [0.1, 0.15) is 0 Å². The normalized spacial score (nSPS) is 13.2. The molecular weight excluding hydrogens is 428 g/mol. The molecule has 162 valence electrons. The molecule has 1 heterocycles. The summed E-state index contributed by atoms with van der Waals surface area (Å²) in [7, 11) is -4.20. The van der Waals surface area contributed by atoms with Gasteiger partial charge in [0.15, 0.2) is 0 Å². The van der Waals surface area contributed by atoms with Crippen molar-refractivity contribution in [3.05, 3.63) is 95.6 Å². The maximum Gasteiger partial charge on any atom is 0.270 e. The highest BCUT2D eigenvalue weighted by Crippen LogP contribution is 2.26. The van der Waals surface area contributed by atoms with Crippen LogP contribution in [0, 0.1) is 6.92 Å². The molecule has 0 radical (unpaired) electrons. The number of aryl methyl sites for hydroxylation is 1. The summed E-state index contributed by atoms with van der Waals surface area (Å²) in [5, 5.41) is 0. The van der Waals surface area contributed by atoms with Crippen LogP contribution in [0.15, 0.2) is 83.8 Å². The molecule has 0 aliphatic carbocycles. The van der Waals surface area contributed by atoms with Crippen molar-refractivity contribution in [1.29, 1.82) is 0 Å². The summed E-state index contributed by atoms with van der Waals surface area (Å²) in [5.41, 5.74) is 1.61. The third kappa shape index (κ3) is 3.80. The number of anilines is 1. The SMILES string of the molecule is Cc1ccc(S(=O)(=O)N(C(=O)CCN2C(=O)c3ccccc3C2=O)c2ccccc2)cc1. The molecule has 0 spiro atoms. The third-order valence-corrected chi connectivity index (χ3v) is 6.97. The molecule has 8 heteroatoms. The van der Waals surface area contributed by atoms with Gasteiger partial charge >= 0.3 is 0 Å². The number of amides is 3. The van der Waals surface area contributed by atoms with Crippen molar-refractivity contribution in [3.8, 4) is 0 Å². The number of hydrogen-bond acceptors (Lipinski definition) is 5. The predicted molar refractivity (Wildman–Crippen MR) is 119 cm³/mol. The first kappa shape index (κ1) is 21.5. The van der Waals surface area contributed by atoms with Crippen LogP contribution in [0.3, 0.4) is 0 Å². The van der Waals surface area contributed by atoms with Crippen molar-refractivity contribution >= 4 is 33.4 Å². The molecule has 0 aromatic heterocycles. The molecule has 3 aromatic rings. The molecule has 0 saturated carbocycles. The number of nitrogens with zero attached hydrogens (tertiary/aromatic N) is 2. The van der Waals surface area contributed by atoms with E-state index in [2.05, 4.69) is 0 Å². The molecule has 0 atom stereocenters. The van der Waals surface area contributed by atoms with E-state index in [1.165, 1.54) is 24.3 Å².